The van der Waals surface area contributed by atoms with Crippen molar-refractivity contribution in [1.82, 2.24) is 4.90 Å². The molecule has 2 aliphatic carbocycles. The van der Waals surface area contributed by atoms with Crippen LogP contribution in [0.3, 0.4) is 0 Å². The Kier molecular flexibility index (Phi) is 2.37. The molecule has 0 aromatic rings. The summed E-state index contributed by atoms with van der Waals surface area (Å²) in [6, 6.07) is 0.820. The van der Waals surface area contributed by atoms with Gasteiger partial charge in [0.1, 0.15) is 0 Å². The van der Waals surface area contributed by atoms with E-state index in [0.29, 0.717) is 0 Å². The van der Waals surface area contributed by atoms with Gasteiger partial charge in [-0.15, -0.1) is 0 Å². The molecule has 2 saturated carbocycles. The second-order valence-electron chi connectivity index (χ2n) is 4.48. The van der Waals surface area contributed by atoms with Gasteiger partial charge in [-0.2, -0.15) is 0 Å². The first-order valence-electron chi connectivity index (χ1n) is 5.18. The van der Waals surface area contributed by atoms with Crippen molar-refractivity contribution in [1.29, 1.82) is 0 Å². The lowest BCUT2D eigenvalue weighted by Gasteiger charge is -2.23. The Morgan fingerprint density at radius 1 is 1.33 bits per heavy atom. The van der Waals surface area contributed by atoms with Crippen LogP contribution in [0.4, 0.5) is 0 Å². The molecule has 0 bridgehead atoms. The Hall–Kier alpha value is -0.0800. The fourth-order valence-electron chi connectivity index (χ4n) is 1.78. The molecular weight excluding hydrogens is 150 g/mol. The zero-order valence-corrected chi connectivity index (χ0v) is 7.87. The molecule has 1 N–H and O–H groups in total. The van der Waals surface area contributed by atoms with Crippen molar-refractivity contribution in [3.63, 3.8) is 0 Å². The Bertz CT molecular complexity index is 146. The van der Waals surface area contributed by atoms with E-state index in [1.807, 2.05) is 6.92 Å². The molecule has 2 nitrogen and oxygen atoms in total. The number of rotatable bonds is 5. The van der Waals surface area contributed by atoms with Crippen molar-refractivity contribution in [3.05, 3.63) is 0 Å². The minimum Gasteiger partial charge on any atom is -0.392 e. The lowest BCUT2D eigenvalue weighted by molar-refractivity contribution is 0.119. The van der Waals surface area contributed by atoms with Crippen LogP contribution in [-0.2, 0) is 0 Å². The van der Waals surface area contributed by atoms with Crippen LogP contribution in [0.25, 0.3) is 0 Å². The predicted octanol–water partition coefficient (Wildman–Crippen LogP) is 1.24. The first-order valence-corrected chi connectivity index (χ1v) is 5.18. The maximum absolute atomic E-state index is 9.29. The maximum Gasteiger partial charge on any atom is 0.0639 e. The van der Waals surface area contributed by atoms with Crippen LogP contribution < -0.4 is 0 Å². The van der Waals surface area contributed by atoms with Gasteiger partial charge in [-0.3, -0.25) is 4.90 Å². The number of nitrogens with zero attached hydrogens (tertiary/aromatic N) is 1. The van der Waals surface area contributed by atoms with Crippen molar-refractivity contribution < 1.29 is 5.11 Å². The van der Waals surface area contributed by atoms with E-state index in [4.69, 9.17) is 0 Å². The third-order valence-electron chi connectivity index (χ3n) is 2.75. The lowest BCUT2D eigenvalue weighted by atomic mass is 10.3. The molecule has 2 heteroatoms. The van der Waals surface area contributed by atoms with Gasteiger partial charge in [0, 0.05) is 19.1 Å². The van der Waals surface area contributed by atoms with Gasteiger partial charge >= 0.3 is 0 Å². The summed E-state index contributed by atoms with van der Waals surface area (Å²) in [5, 5.41) is 9.29. The molecule has 0 radical (unpaired) electrons. The number of hydrogen-bond donors (Lipinski definition) is 1. The van der Waals surface area contributed by atoms with Crippen molar-refractivity contribution in [3.8, 4) is 0 Å². The summed E-state index contributed by atoms with van der Waals surface area (Å²) >= 11 is 0. The zero-order chi connectivity index (χ0) is 8.55. The van der Waals surface area contributed by atoms with Gasteiger partial charge in [0.05, 0.1) is 6.10 Å². The van der Waals surface area contributed by atoms with E-state index in [1.54, 1.807) is 0 Å². The third kappa shape index (κ3) is 2.46. The molecule has 0 saturated heterocycles. The fraction of sp³-hybridized carbons (Fsp3) is 1.00. The Balaban J connectivity index is 1.75. The molecule has 0 unspecified atom stereocenters. The first kappa shape index (κ1) is 8.52. The van der Waals surface area contributed by atoms with Crippen LogP contribution in [-0.4, -0.2) is 35.2 Å². The summed E-state index contributed by atoms with van der Waals surface area (Å²) in [5.41, 5.74) is 0. The molecule has 12 heavy (non-hydrogen) atoms. The third-order valence-corrected chi connectivity index (χ3v) is 2.75. The predicted molar refractivity (Wildman–Crippen MR) is 49.0 cm³/mol. The smallest absolute Gasteiger partial charge is 0.0639 e. The molecule has 2 fully saturated rings. The fourth-order valence-corrected chi connectivity index (χ4v) is 1.78. The summed E-state index contributed by atoms with van der Waals surface area (Å²) in [5.74, 6) is 0.962. The van der Waals surface area contributed by atoms with Gasteiger partial charge in [0.15, 0.2) is 0 Å². The van der Waals surface area contributed by atoms with Gasteiger partial charge in [-0.25, -0.2) is 0 Å². The summed E-state index contributed by atoms with van der Waals surface area (Å²) in [4.78, 5) is 2.49. The normalized spacial score (nSPS) is 26.2. The standard InChI is InChI=1S/C10H19NO/c1-8(12)6-11(10-4-5-10)7-9-2-3-9/h8-10,12H,2-7H2,1H3/t8-/m0/s1. The van der Waals surface area contributed by atoms with Gasteiger partial charge in [-0.05, 0) is 38.5 Å². The summed E-state index contributed by atoms with van der Waals surface area (Å²) in [6.07, 6.45) is 5.41. The number of aliphatic hydroxyl groups is 1. The van der Waals surface area contributed by atoms with E-state index in [-0.39, 0.29) is 6.10 Å². The van der Waals surface area contributed by atoms with Crippen LogP contribution in [0.15, 0.2) is 0 Å². The van der Waals surface area contributed by atoms with Gasteiger partial charge < -0.3 is 5.11 Å². The van der Waals surface area contributed by atoms with E-state index in [2.05, 4.69) is 4.90 Å². The quantitative estimate of drug-likeness (QED) is 0.669. The van der Waals surface area contributed by atoms with Crippen molar-refractivity contribution in [2.45, 2.75) is 44.8 Å². The Labute approximate surface area is 74.6 Å². The average molecular weight is 169 g/mol. The van der Waals surface area contributed by atoms with Crippen molar-refractivity contribution >= 4 is 0 Å². The second kappa shape index (κ2) is 3.35. The molecule has 0 aromatic heterocycles. The van der Waals surface area contributed by atoms with E-state index >= 15 is 0 Å². The van der Waals surface area contributed by atoms with E-state index in [9.17, 15) is 5.11 Å². The topological polar surface area (TPSA) is 23.5 Å². The summed E-state index contributed by atoms with van der Waals surface area (Å²) in [7, 11) is 0. The number of hydrogen-bond acceptors (Lipinski definition) is 2. The van der Waals surface area contributed by atoms with Gasteiger partial charge in [0.25, 0.3) is 0 Å². The highest BCUT2D eigenvalue weighted by molar-refractivity contribution is 4.88. The molecule has 0 amide bonds. The molecule has 1 atom stereocenters. The molecule has 2 rings (SSSR count). The largest absolute Gasteiger partial charge is 0.392 e. The Morgan fingerprint density at radius 2 is 2.00 bits per heavy atom. The molecular formula is C10H19NO. The van der Waals surface area contributed by atoms with Crippen LogP contribution in [0.1, 0.15) is 32.6 Å². The molecule has 0 aromatic carbocycles. The average Bonchev–Trinajstić information content (AvgIpc) is 2.82. The first-order chi connectivity index (χ1) is 5.75. The minimum atomic E-state index is -0.149. The van der Waals surface area contributed by atoms with Crippen molar-refractivity contribution in [2.24, 2.45) is 5.92 Å². The molecule has 0 heterocycles. The highest BCUT2D eigenvalue weighted by atomic mass is 16.3. The molecule has 70 valence electrons. The second-order valence-corrected chi connectivity index (χ2v) is 4.48. The lowest BCUT2D eigenvalue weighted by Crippen LogP contribution is -2.34. The zero-order valence-electron chi connectivity index (χ0n) is 7.87. The summed E-state index contributed by atoms with van der Waals surface area (Å²) in [6.45, 7) is 4.03. The van der Waals surface area contributed by atoms with E-state index in [1.165, 1.54) is 32.2 Å². The maximum atomic E-state index is 9.29. The monoisotopic (exact) mass is 169 g/mol. The molecule has 0 spiro atoms. The number of aliphatic hydroxyl groups excluding tert-OH is 1. The van der Waals surface area contributed by atoms with Crippen LogP contribution >= 0.6 is 0 Å². The SMILES string of the molecule is C[C@H](O)CN(CC1CC1)C1CC1. The Morgan fingerprint density at radius 3 is 2.42 bits per heavy atom. The highest BCUT2D eigenvalue weighted by Gasteiger charge is 2.33. The van der Waals surface area contributed by atoms with Crippen LogP contribution in [0, 0.1) is 5.92 Å². The van der Waals surface area contributed by atoms with Crippen molar-refractivity contribution in [2.75, 3.05) is 13.1 Å². The summed E-state index contributed by atoms with van der Waals surface area (Å²) < 4.78 is 0. The minimum absolute atomic E-state index is 0.149. The van der Waals surface area contributed by atoms with Crippen LogP contribution in [0.5, 0.6) is 0 Å². The molecule has 2 aliphatic rings. The van der Waals surface area contributed by atoms with Crippen LogP contribution in [0.2, 0.25) is 0 Å². The highest BCUT2D eigenvalue weighted by Crippen LogP contribution is 2.34. The molecule has 0 aliphatic heterocycles. The van der Waals surface area contributed by atoms with Gasteiger partial charge in [-0.1, -0.05) is 0 Å². The van der Waals surface area contributed by atoms with Gasteiger partial charge in [0.2, 0.25) is 0 Å². The van der Waals surface area contributed by atoms with E-state index < -0.39 is 0 Å². The van der Waals surface area contributed by atoms with E-state index in [0.717, 1.165) is 18.5 Å².